The summed E-state index contributed by atoms with van der Waals surface area (Å²) in [7, 11) is 3.22. The number of benzene rings is 2. The Bertz CT molecular complexity index is 1520. The van der Waals surface area contributed by atoms with Gasteiger partial charge in [0, 0.05) is 12.1 Å². The van der Waals surface area contributed by atoms with Crippen LogP contribution in [0.5, 0.6) is 16.7 Å². The van der Waals surface area contributed by atoms with Crippen molar-refractivity contribution in [3.8, 4) is 28.1 Å². The van der Waals surface area contributed by atoms with Gasteiger partial charge in [-0.05, 0) is 46.6 Å². The molecule has 0 saturated heterocycles. The van der Waals surface area contributed by atoms with E-state index in [1.54, 1.807) is 18.7 Å². The zero-order valence-corrected chi connectivity index (χ0v) is 20.1. The van der Waals surface area contributed by atoms with Crippen LogP contribution in [-0.2, 0) is 11.3 Å². The first-order chi connectivity index (χ1) is 17.2. The molecule has 9 heteroatoms. The van der Waals surface area contributed by atoms with Crippen molar-refractivity contribution >= 4 is 32.8 Å². The lowest BCUT2D eigenvalue weighted by Gasteiger charge is -2.15. The van der Waals surface area contributed by atoms with Gasteiger partial charge in [-0.25, -0.2) is 9.50 Å². The summed E-state index contributed by atoms with van der Waals surface area (Å²) in [5.74, 6) is 1.97. The summed E-state index contributed by atoms with van der Waals surface area (Å²) in [5, 5.41) is 5.74. The van der Waals surface area contributed by atoms with Gasteiger partial charge >= 0.3 is 0 Å². The third-order valence-electron chi connectivity index (χ3n) is 5.92. The van der Waals surface area contributed by atoms with E-state index in [0.717, 1.165) is 28.9 Å². The van der Waals surface area contributed by atoms with Crippen molar-refractivity contribution in [3.05, 3.63) is 65.9 Å². The highest BCUT2D eigenvalue weighted by molar-refractivity contribution is 7.18. The number of aromatic nitrogens is 3. The Morgan fingerprint density at radius 1 is 1.11 bits per heavy atom. The van der Waals surface area contributed by atoms with Gasteiger partial charge in [-0.1, -0.05) is 24.3 Å². The van der Waals surface area contributed by atoms with Crippen LogP contribution in [0, 0.1) is 0 Å². The SMILES string of the molecule is COc1cc(OCc2cccc(C3=CCOCC3)c2)c2cc(-c3cn4nc(OC)sc4n3)oc2c1. The van der Waals surface area contributed by atoms with E-state index < -0.39 is 0 Å². The van der Waals surface area contributed by atoms with E-state index in [1.165, 1.54) is 22.5 Å². The van der Waals surface area contributed by atoms with Crippen LogP contribution in [0.2, 0.25) is 0 Å². The lowest BCUT2D eigenvalue weighted by Crippen LogP contribution is -2.04. The number of rotatable bonds is 7. The molecule has 178 valence electrons. The fourth-order valence-electron chi connectivity index (χ4n) is 4.14. The molecular formula is C26H23N3O5S. The van der Waals surface area contributed by atoms with Crippen LogP contribution in [-0.4, -0.2) is 42.0 Å². The molecule has 0 N–H and O–H groups in total. The fraction of sp³-hybridized carbons (Fsp3) is 0.231. The Morgan fingerprint density at radius 3 is 2.86 bits per heavy atom. The molecule has 0 bridgehead atoms. The second-order valence-corrected chi connectivity index (χ2v) is 9.04. The molecule has 0 radical (unpaired) electrons. The number of nitrogens with zero attached hydrogens (tertiary/aromatic N) is 3. The molecule has 0 saturated carbocycles. The fourth-order valence-corrected chi connectivity index (χ4v) is 4.84. The van der Waals surface area contributed by atoms with Gasteiger partial charge in [0.15, 0.2) is 5.76 Å². The second kappa shape index (κ2) is 9.09. The molecule has 2 aromatic carbocycles. The number of furan rings is 1. The van der Waals surface area contributed by atoms with Gasteiger partial charge in [-0.2, -0.15) is 0 Å². The molecule has 4 heterocycles. The third-order valence-corrected chi connectivity index (χ3v) is 6.80. The normalized spacial score (nSPS) is 13.8. The number of hydrogen-bond donors (Lipinski definition) is 0. The maximum Gasteiger partial charge on any atom is 0.294 e. The summed E-state index contributed by atoms with van der Waals surface area (Å²) in [6.45, 7) is 1.85. The summed E-state index contributed by atoms with van der Waals surface area (Å²) >= 11 is 1.37. The quantitative estimate of drug-likeness (QED) is 0.294. The standard InChI is InChI=1S/C26H23N3O5S/c1-30-19-11-22(33-15-16-4-3-5-18(10-16)17-6-8-32-9-7-17)20-13-24(34-23(20)12-19)21-14-29-25(27-21)35-26(28-29)31-2/h3-6,10-14H,7-9,15H2,1-2H3. The highest BCUT2D eigenvalue weighted by Gasteiger charge is 2.17. The van der Waals surface area contributed by atoms with Gasteiger partial charge in [-0.15, -0.1) is 5.10 Å². The molecule has 5 aromatic rings. The monoisotopic (exact) mass is 489 g/mol. The van der Waals surface area contributed by atoms with Crippen molar-refractivity contribution in [2.75, 3.05) is 27.4 Å². The molecule has 6 rings (SSSR count). The first-order valence-corrected chi connectivity index (χ1v) is 12.0. The summed E-state index contributed by atoms with van der Waals surface area (Å²) < 4.78 is 30.2. The molecule has 0 fully saturated rings. The van der Waals surface area contributed by atoms with Gasteiger partial charge in [-0.3, -0.25) is 0 Å². The van der Waals surface area contributed by atoms with Gasteiger partial charge < -0.3 is 23.4 Å². The van der Waals surface area contributed by atoms with Gasteiger partial charge in [0.25, 0.3) is 5.19 Å². The molecular weight excluding hydrogens is 466 g/mol. The van der Waals surface area contributed by atoms with Crippen molar-refractivity contribution in [1.29, 1.82) is 0 Å². The van der Waals surface area contributed by atoms with Crippen LogP contribution >= 0.6 is 11.3 Å². The number of ether oxygens (including phenoxy) is 4. The van der Waals surface area contributed by atoms with Crippen molar-refractivity contribution in [2.24, 2.45) is 0 Å². The van der Waals surface area contributed by atoms with E-state index in [-0.39, 0.29) is 0 Å². The minimum absolute atomic E-state index is 0.421. The smallest absolute Gasteiger partial charge is 0.294 e. The Kier molecular flexibility index (Phi) is 5.63. The average molecular weight is 490 g/mol. The summed E-state index contributed by atoms with van der Waals surface area (Å²) in [6, 6.07) is 14.1. The van der Waals surface area contributed by atoms with Gasteiger partial charge in [0.05, 0.1) is 39.0 Å². The van der Waals surface area contributed by atoms with Gasteiger partial charge in [0.2, 0.25) is 4.96 Å². The molecule has 1 aliphatic rings. The number of hydrogen-bond acceptors (Lipinski definition) is 8. The van der Waals surface area contributed by atoms with Crippen molar-refractivity contribution in [2.45, 2.75) is 13.0 Å². The van der Waals surface area contributed by atoms with Crippen LogP contribution < -0.4 is 14.2 Å². The Balaban J connectivity index is 1.30. The van der Waals surface area contributed by atoms with E-state index in [1.807, 2.05) is 24.4 Å². The number of fused-ring (bicyclic) bond motifs is 2. The van der Waals surface area contributed by atoms with E-state index >= 15 is 0 Å². The molecule has 0 aliphatic carbocycles. The average Bonchev–Trinajstić information content (AvgIpc) is 3.60. The first kappa shape index (κ1) is 21.7. The van der Waals surface area contributed by atoms with E-state index in [4.69, 9.17) is 23.4 Å². The van der Waals surface area contributed by atoms with Gasteiger partial charge in [0.1, 0.15) is 29.4 Å². The van der Waals surface area contributed by atoms with E-state index in [0.29, 0.717) is 46.9 Å². The molecule has 0 atom stereocenters. The lowest BCUT2D eigenvalue weighted by molar-refractivity contribution is 0.161. The zero-order valence-electron chi connectivity index (χ0n) is 19.3. The van der Waals surface area contributed by atoms with Crippen LogP contribution in [0.15, 0.2) is 59.2 Å². The highest BCUT2D eigenvalue weighted by Crippen LogP contribution is 2.37. The lowest BCUT2D eigenvalue weighted by atomic mass is 10.00. The van der Waals surface area contributed by atoms with Crippen molar-refractivity contribution in [1.82, 2.24) is 14.6 Å². The number of methoxy groups -OCH3 is 2. The van der Waals surface area contributed by atoms with Crippen LogP contribution in [0.25, 0.3) is 33.0 Å². The Labute approximate surface area is 205 Å². The van der Waals surface area contributed by atoms with Crippen LogP contribution in [0.4, 0.5) is 0 Å². The largest absolute Gasteiger partial charge is 0.496 e. The first-order valence-electron chi connectivity index (χ1n) is 11.2. The third kappa shape index (κ3) is 4.24. The molecule has 8 nitrogen and oxygen atoms in total. The minimum Gasteiger partial charge on any atom is -0.496 e. The zero-order chi connectivity index (χ0) is 23.8. The van der Waals surface area contributed by atoms with Crippen LogP contribution in [0.1, 0.15) is 17.5 Å². The predicted molar refractivity (Wildman–Crippen MR) is 133 cm³/mol. The molecule has 1 aliphatic heterocycles. The second-order valence-electron chi connectivity index (χ2n) is 8.12. The maximum absolute atomic E-state index is 6.28. The molecule has 3 aromatic heterocycles. The predicted octanol–water partition coefficient (Wildman–Crippen LogP) is 5.60. The minimum atomic E-state index is 0.421. The van der Waals surface area contributed by atoms with Crippen molar-refractivity contribution in [3.63, 3.8) is 0 Å². The Hall–Kier alpha value is -3.82. The van der Waals surface area contributed by atoms with Crippen LogP contribution in [0.3, 0.4) is 0 Å². The molecule has 0 amide bonds. The topological polar surface area (TPSA) is 80.2 Å². The van der Waals surface area contributed by atoms with Crippen molar-refractivity contribution < 1.29 is 23.4 Å². The highest BCUT2D eigenvalue weighted by atomic mass is 32.1. The molecule has 0 unspecified atom stereocenters. The molecule has 35 heavy (non-hydrogen) atoms. The summed E-state index contributed by atoms with van der Waals surface area (Å²) in [6.07, 6.45) is 4.89. The summed E-state index contributed by atoms with van der Waals surface area (Å²) in [4.78, 5) is 5.35. The van der Waals surface area contributed by atoms with E-state index in [2.05, 4.69) is 40.4 Å². The number of imidazole rings is 1. The molecule has 0 spiro atoms. The summed E-state index contributed by atoms with van der Waals surface area (Å²) in [5.41, 5.74) is 4.96. The Morgan fingerprint density at radius 2 is 2.06 bits per heavy atom. The van der Waals surface area contributed by atoms with E-state index in [9.17, 15) is 0 Å². The maximum atomic E-state index is 6.28.